The zero-order valence-corrected chi connectivity index (χ0v) is 14.5. The molecule has 0 saturated carbocycles. The highest BCUT2D eigenvalue weighted by atomic mass is 16.4. The summed E-state index contributed by atoms with van der Waals surface area (Å²) in [6, 6.07) is 21.1. The Morgan fingerprint density at radius 3 is 2.30 bits per heavy atom. The van der Waals surface area contributed by atoms with Crippen LogP contribution in [0, 0.1) is 0 Å². The Balaban J connectivity index is 1.96. The van der Waals surface area contributed by atoms with Crippen molar-refractivity contribution in [2.45, 2.75) is 6.92 Å². The maximum Gasteiger partial charge on any atom is 0.360 e. The summed E-state index contributed by atoms with van der Waals surface area (Å²) >= 11 is 0. The van der Waals surface area contributed by atoms with Gasteiger partial charge in [0.15, 0.2) is 0 Å². The minimum absolute atomic E-state index is 0.0970. The number of fused-ring (bicyclic) bond motifs is 3. The van der Waals surface area contributed by atoms with Crippen LogP contribution in [0.5, 0.6) is 0 Å². The average molecular weight is 357 g/mol. The summed E-state index contributed by atoms with van der Waals surface area (Å²) in [7, 11) is 0. The monoisotopic (exact) mass is 357 g/mol. The van der Waals surface area contributed by atoms with Crippen LogP contribution in [0.15, 0.2) is 82.0 Å². The van der Waals surface area contributed by atoms with Crippen molar-refractivity contribution in [1.29, 1.82) is 0 Å². The molecule has 0 spiro atoms. The quantitative estimate of drug-likeness (QED) is 0.399. The Hall–Kier alpha value is -3.73. The number of amides is 2. The molecule has 0 fully saturated rings. The first-order chi connectivity index (χ1) is 13.1. The molecule has 1 heterocycles. The van der Waals surface area contributed by atoms with E-state index < -0.39 is 17.4 Å². The first-order valence-corrected chi connectivity index (χ1v) is 8.42. The Bertz CT molecular complexity index is 1240. The minimum Gasteiger partial charge on any atom is -0.421 e. The van der Waals surface area contributed by atoms with Gasteiger partial charge in [0.25, 0.3) is 5.91 Å². The molecule has 132 valence electrons. The Labute approximate surface area is 154 Å². The number of carbonyl (C=O) groups is 2. The van der Waals surface area contributed by atoms with Crippen LogP contribution in [0.4, 0.5) is 5.69 Å². The lowest BCUT2D eigenvalue weighted by Crippen LogP contribution is -2.38. The highest BCUT2D eigenvalue weighted by Gasteiger charge is 2.25. The summed E-state index contributed by atoms with van der Waals surface area (Å²) < 4.78 is 5.42. The van der Waals surface area contributed by atoms with E-state index in [2.05, 4.69) is 0 Å². The molecule has 0 atom stereocenters. The molecule has 0 aliphatic rings. The van der Waals surface area contributed by atoms with Crippen LogP contribution in [-0.4, -0.2) is 11.8 Å². The molecule has 1 aromatic heterocycles. The van der Waals surface area contributed by atoms with Gasteiger partial charge in [0, 0.05) is 17.9 Å². The van der Waals surface area contributed by atoms with Crippen LogP contribution in [0.25, 0.3) is 21.7 Å². The van der Waals surface area contributed by atoms with Crippen LogP contribution in [0.2, 0.25) is 0 Å². The zero-order valence-electron chi connectivity index (χ0n) is 14.5. The highest BCUT2D eigenvalue weighted by Crippen LogP contribution is 2.27. The Morgan fingerprint density at radius 2 is 1.56 bits per heavy atom. The average Bonchev–Trinajstić information content (AvgIpc) is 2.69. The normalized spacial score (nSPS) is 10.9. The summed E-state index contributed by atoms with van der Waals surface area (Å²) in [6.45, 7) is 1.24. The van der Waals surface area contributed by atoms with Gasteiger partial charge in [-0.25, -0.2) is 9.69 Å². The van der Waals surface area contributed by atoms with Gasteiger partial charge in [0.05, 0.1) is 0 Å². The van der Waals surface area contributed by atoms with Crippen LogP contribution >= 0.6 is 0 Å². The molecule has 27 heavy (non-hydrogen) atoms. The molecule has 0 bridgehead atoms. The van der Waals surface area contributed by atoms with Crippen molar-refractivity contribution in [2.75, 3.05) is 4.90 Å². The predicted molar refractivity (Wildman–Crippen MR) is 104 cm³/mol. The Kier molecular flexibility index (Phi) is 4.05. The molecule has 0 aliphatic carbocycles. The molecule has 3 aromatic carbocycles. The van der Waals surface area contributed by atoms with Crippen molar-refractivity contribution in [3.05, 3.63) is 88.8 Å². The molecule has 4 rings (SSSR count). The molecule has 0 aliphatic heterocycles. The highest BCUT2D eigenvalue weighted by molar-refractivity contribution is 6.21. The van der Waals surface area contributed by atoms with Gasteiger partial charge >= 0.3 is 5.63 Å². The van der Waals surface area contributed by atoms with Gasteiger partial charge in [-0.05, 0) is 35.0 Å². The summed E-state index contributed by atoms with van der Waals surface area (Å²) in [6.07, 6.45) is 0. The fourth-order valence-corrected chi connectivity index (χ4v) is 3.15. The van der Waals surface area contributed by atoms with E-state index in [1.807, 2.05) is 30.3 Å². The zero-order chi connectivity index (χ0) is 19.0. The first kappa shape index (κ1) is 16.7. The van der Waals surface area contributed by atoms with E-state index in [1.165, 1.54) is 6.92 Å². The number of carbonyl (C=O) groups excluding carboxylic acids is 2. The van der Waals surface area contributed by atoms with E-state index in [4.69, 9.17) is 4.42 Å². The number of benzene rings is 3. The molecular formula is C22H15NO4. The van der Waals surface area contributed by atoms with Crippen LogP contribution in [-0.2, 0) is 4.79 Å². The van der Waals surface area contributed by atoms with Gasteiger partial charge in [-0.2, -0.15) is 0 Å². The second-order valence-electron chi connectivity index (χ2n) is 6.14. The van der Waals surface area contributed by atoms with Gasteiger partial charge in [0.2, 0.25) is 5.91 Å². The lowest BCUT2D eigenvalue weighted by Gasteiger charge is -2.18. The van der Waals surface area contributed by atoms with Crippen LogP contribution in [0.1, 0.15) is 17.3 Å². The van der Waals surface area contributed by atoms with E-state index in [-0.39, 0.29) is 5.69 Å². The van der Waals surface area contributed by atoms with Crippen molar-refractivity contribution >= 4 is 39.2 Å². The molecule has 0 unspecified atom stereocenters. The fraction of sp³-hybridized carbons (Fsp3) is 0.0455. The molecule has 5 nitrogen and oxygen atoms in total. The molecule has 2 amide bonds. The number of hydrogen-bond donors (Lipinski definition) is 0. The smallest absolute Gasteiger partial charge is 0.360 e. The van der Waals surface area contributed by atoms with Gasteiger partial charge < -0.3 is 4.42 Å². The molecule has 0 radical (unpaired) electrons. The van der Waals surface area contributed by atoms with Crippen LogP contribution in [0.3, 0.4) is 0 Å². The summed E-state index contributed by atoms with van der Waals surface area (Å²) in [5.74, 6) is -1.13. The molecule has 0 saturated heterocycles. The van der Waals surface area contributed by atoms with Gasteiger partial charge in [-0.1, -0.05) is 48.5 Å². The third-order valence-corrected chi connectivity index (χ3v) is 4.40. The lowest BCUT2D eigenvalue weighted by atomic mass is 10.1. The second kappa shape index (κ2) is 6.53. The maximum atomic E-state index is 12.9. The summed E-state index contributed by atoms with van der Waals surface area (Å²) in [5, 5.41) is 2.50. The Morgan fingerprint density at radius 1 is 0.852 bits per heavy atom. The molecular weight excluding hydrogens is 342 g/mol. The molecule has 5 heteroatoms. The number of rotatable bonds is 2. The summed E-state index contributed by atoms with van der Waals surface area (Å²) in [4.78, 5) is 38.5. The van der Waals surface area contributed by atoms with E-state index in [0.29, 0.717) is 16.5 Å². The van der Waals surface area contributed by atoms with Crippen molar-refractivity contribution in [1.82, 2.24) is 0 Å². The number of nitrogens with zero attached hydrogens (tertiary/aromatic N) is 1. The van der Waals surface area contributed by atoms with Crippen LogP contribution < -0.4 is 10.5 Å². The topological polar surface area (TPSA) is 67.6 Å². The largest absolute Gasteiger partial charge is 0.421 e. The van der Waals surface area contributed by atoms with Gasteiger partial charge in [0.1, 0.15) is 11.3 Å². The predicted octanol–water partition coefficient (Wildman–Crippen LogP) is 4.14. The van der Waals surface area contributed by atoms with Crippen molar-refractivity contribution in [2.24, 2.45) is 0 Å². The van der Waals surface area contributed by atoms with E-state index in [1.54, 1.807) is 42.5 Å². The van der Waals surface area contributed by atoms with Gasteiger partial charge in [-0.3, -0.25) is 9.59 Å². The lowest BCUT2D eigenvalue weighted by molar-refractivity contribution is -0.116. The SMILES string of the molecule is CC(=O)N(C(=O)c1ccccc1)c1cc2c(ccc3ccccc32)oc1=O. The van der Waals surface area contributed by atoms with Crippen molar-refractivity contribution in [3.63, 3.8) is 0 Å². The van der Waals surface area contributed by atoms with Crippen molar-refractivity contribution < 1.29 is 14.0 Å². The maximum absolute atomic E-state index is 12.9. The fourth-order valence-electron chi connectivity index (χ4n) is 3.15. The third kappa shape index (κ3) is 2.89. The van der Waals surface area contributed by atoms with E-state index in [0.717, 1.165) is 15.7 Å². The summed E-state index contributed by atoms with van der Waals surface area (Å²) in [5.41, 5.74) is -0.124. The standard InChI is InChI=1S/C22H15NO4/c1-14(24)23(21(25)16-8-3-2-4-9-16)19-13-18-17-10-6-5-7-15(17)11-12-20(18)27-22(19)26/h2-13H,1H3. The minimum atomic E-state index is -0.739. The number of hydrogen-bond acceptors (Lipinski definition) is 4. The van der Waals surface area contributed by atoms with E-state index >= 15 is 0 Å². The molecule has 0 N–H and O–H groups in total. The van der Waals surface area contributed by atoms with Gasteiger partial charge in [-0.15, -0.1) is 0 Å². The second-order valence-corrected chi connectivity index (χ2v) is 6.14. The van der Waals surface area contributed by atoms with Crippen molar-refractivity contribution in [3.8, 4) is 0 Å². The molecule has 4 aromatic rings. The first-order valence-electron chi connectivity index (χ1n) is 8.42. The third-order valence-electron chi connectivity index (χ3n) is 4.40. The van der Waals surface area contributed by atoms with E-state index in [9.17, 15) is 14.4 Å². The number of anilines is 1. The number of imide groups is 1.